The van der Waals surface area contributed by atoms with Crippen molar-refractivity contribution in [3.05, 3.63) is 53.3 Å². The molecular weight excluding hydrogens is 383 g/mol. The van der Waals surface area contributed by atoms with Crippen molar-refractivity contribution in [2.75, 3.05) is 22.4 Å². The molecule has 1 aliphatic heterocycles. The third-order valence-corrected chi connectivity index (χ3v) is 5.25. The van der Waals surface area contributed by atoms with Crippen LogP contribution in [0.25, 0.3) is 0 Å². The van der Waals surface area contributed by atoms with E-state index in [1.165, 1.54) is 30.3 Å². The topological polar surface area (TPSA) is 75.7 Å². The van der Waals surface area contributed by atoms with Crippen LogP contribution in [0.5, 0.6) is 5.75 Å². The van der Waals surface area contributed by atoms with Crippen molar-refractivity contribution >= 4 is 38.9 Å². The van der Waals surface area contributed by atoms with Crippen molar-refractivity contribution in [1.82, 2.24) is 0 Å². The number of ether oxygens (including phenoxy) is 1. The maximum Gasteiger partial charge on any atom is 0.265 e. The molecule has 1 heterocycles. The Morgan fingerprint density at radius 2 is 2.08 bits per heavy atom. The number of rotatable bonds is 3. The number of sulfonamides is 1. The first kappa shape index (κ1) is 18.5. The van der Waals surface area contributed by atoms with E-state index in [1.807, 2.05) is 0 Å². The van der Waals surface area contributed by atoms with Crippen LogP contribution in [-0.2, 0) is 14.8 Å². The SMILES string of the molecule is CS(=O)(=O)N1CC[C@H](C(=O)Nc2cccc(F)c2)Oc2ccc(Cl)cc21. The van der Waals surface area contributed by atoms with Crippen LogP contribution in [-0.4, -0.2) is 33.2 Å². The summed E-state index contributed by atoms with van der Waals surface area (Å²) in [5.74, 6) is -0.739. The molecule has 0 radical (unpaired) electrons. The van der Waals surface area contributed by atoms with Gasteiger partial charge in [0.1, 0.15) is 11.6 Å². The summed E-state index contributed by atoms with van der Waals surface area (Å²) in [6.45, 7) is 0.0490. The van der Waals surface area contributed by atoms with E-state index in [9.17, 15) is 17.6 Å². The second-order valence-electron chi connectivity index (χ2n) is 5.84. The largest absolute Gasteiger partial charge is 0.478 e. The number of anilines is 2. The summed E-state index contributed by atoms with van der Waals surface area (Å²) in [5.41, 5.74) is 0.570. The number of benzene rings is 2. The molecule has 0 spiro atoms. The van der Waals surface area contributed by atoms with Crippen molar-refractivity contribution < 1.29 is 22.3 Å². The summed E-state index contributed by atoms with van der Waals surface area (Å²) >= 11 is 5.97. The maximum atomic E-state index is 13.3. The Morgan fingerprint density at radius 3 is 2.77 bits per heavy atom. The quantitative estimate of drug-likeness (QED) is 0.862. The lowest BCUT2D eigenvalue weighted by Gasteiger charge is -2.21. The summed E-state index contributed by atoms with van der Waals surface area (Å²) in [4.78, 5) is 12.5. The molecule has 0 bridgehead atoms. The summed E-state index contributed by atoms with van der Waals surface area (Å²) in [6, 6.07) is 10.0. The molecule has 0 saturated heterocycles. The number of halogens is 2. The minimum Gasteiger partial charge on any atom is -0.478 e. The Morgan fingerprint density at radius 1 is 1.31 bits per heavy atom. The van der Waals surface area contributed by atoms with Crippen LogP contribution in [0.2, 0.25) is 5.02 Å². The van der Waals surface area contributed by atoms with Gasteiger partial charge in [0.2, 0.25) is 10.0 Å². The fraction of sp³-hybridized carbons (Fsp3) is 0.235. The Hall–Kier alpha value is -2.32. The van der Waals surface area contributed by atoms with Crippen LogP contribution >= 0.6 is 11.6 Å². The second kappa shape index (κ2) is 7.13. The number of hydrogen-bond donors (Lipinski definition) is 1. The fourth-order valence-corrected chi connectivity index (χ4v) is 3.77. The lowest BCUT2D eigenvalue weighted by Crippen LogP contribution is -2.36. The number of carbonyl (C=O) groups is 1. The van der Waals surface area contributed by atoms with E-state index < -0.39 is 27.9 Å². The summed E-state index contributed by atoms with van der Waals surface area (Å²) < 4.78 is 44.4. The number of hydrogen-bond acceptors (Lipinski definition) is 4. The average Bonchev–Trinajstić information content (AvgIpc) is 2.73. The van der Waals surface area contributed by atoms with E-state index in [1.54, 1.807) is 12.1 Å². The van der Waals surface area contributed by atoms with Gasteiger partial charge in [0.05, 0.1) is 11.9 Å². The number of carbonyl (C=O) groups excluding carboxylic acids is 1. The molecule has 1 amide bonds. The van der Waals surface area contributed by atoms with E-state index >= 15 is 0 Å². The predicted molar refractivity (Wildman–Crippen MR) is 97.7 cm³/mol. The van der Waals surface area contributed by atoms with E-state index in [2.05, 4.69) is 5.32 Å². The monoisotopic (exact) mass is 398 g/mol. The number of nitrogens with one attached hydrogen (secondary N) is 1. The zero-order valence-electron chi connectivity index (χ0n) is 13.8. The smallest absolute Gasteiger partial charge is 0.265 e. The minimum atomic E-state index is -3.58. The van der Waals surface area contributed by atoms with E-state index in [-0.39, 0.29) is 24.4 Å². The van der Waals surface area contributed by atoms with Crippen molar-refractivity contribution in [3.8, 4) is 5.75 Å². The van der Waals surface area contributed by atoms with Gasteiger partial charge in [-0.2, -0.15) is 0 Å². The Balaban J connectivity index is 1.88. The van der Waals surface area contributed by atoms with Crippen LogP contribution in [0, 0.1) is 5.82 Å². The van der Waals surface area contributed by atoms with Gasteiger partial charge in [0, 0.05) is 23.7 Å². The standard InChI is InChI=1S/C17H16ClFN2O4S/c1-26(23,24)21-8-7-16(25-15-6-5-11(18)9-14(15)21)17(22)20-13-4-2-3-12(19)10-13/h2-6,9-10,16H,7-8H2,1H3,(H,20,22)/t16-/m1/s1. The van der Waals surface area contributed by atoms with Gasteiger partial charge in [-0.15, -0.1) is 0 Å². The van der Waals surface area contributed by atoms with Crippen molar-refractivity contribution in [3.63, 3.8) is 0 Å². The highest BCUT2D eigenvalue weighted by Crippen LogP contribution is 2.36. The van der Waals surface area contributed by atoms with Gasteiger partial charge in [0.15, 0.2) is 6.10 Å². The maximum absolute atomic E-state index is 13.3. The normalized spacial score (nSPS) is 17.0. The molecule has 26 heavy (non-hydrogen) atoms. The highest BCUT2D eigenvalue weighted by Gasteiger charge is 2.31. The summed E-state index contributed by atoms with van der Waals surface area (Å²) in [7, 11) is -3.58. The van der Waals surface area contributed by atoms with Crippen molar-refractivity contribution in [1.29, 1.82) is 0 Å². The fourth-order valence-electron chi connectivity index (χ4n) is 2.67. The molecular formula is C17H16ClFN2O4S. The van der Waals surface area contributed by atoms with Gasteiger partial charge in [0.25, 0.3) is 5.91 Å². The molecule has 0 aliphatic carbocycles. The molecule has 0 aromatic heterocycles. The number of fused-ring (bicyclic) bond motifs is 1. The van der Waals surface area contributed by atoms with Gasteiger partial charge >= 0.3 is 0 Å². The molecule has 138 valence electrons. The molecule has 1 N–H and O–H groups in total. The third-order valence-electron chi connectivity index (χ3n) is 3.84. The molecule has 2 aromatic rings. The molecule has 1 atom stereocenters. The molecule has 6 nitrogen and oxygen atoms in total. The van der Waals surface area contributed by atoms with E-state index in [0.29, 0.717) is 10.7 Å². The van der Waals surface area contributed by atoms with Gasteiger partial charge in [-0.05, 0) is 36.4 Å². The van der Waals surface area contributed by atoms with Crippen LogP contribution in [0.1, 0.15) is 6.42 Å². The van der Waals surface area contributed by atoms with Gasteiger partial charge in [-0.3, -0.25) is 9.10 Å². The lowest BCUT2D eigenvalue weighted by molar-refractivity contribution is -0.122. The first-order valence-corrected chi connectivity index (χ1v) is 9.97. The van der Waals surface area contributed by atoms with Crippen LogP contribution in [0.3, 0.4) is 0 Å². The van der Waals surface area contributed by atoms with E-state index in [0.717, 1.165) is 10.6 Å². The molecule has 9 heteroatoms. The first-order valence-electron chi connectivity index (χ1n) is 7.74. The number of amides is 1. The highest BCUT2D eigenvalue weighted by atomic mass is 35.5. The first-order chi connectivity index (χ1) is 12.2. The van der Waals surface area contributed by atoms with Crippen molar-refractivity contribution in [2.24, 2.45) is 0 Å². The van der Waals surface area contributed by atoms with Gasteiger partial charge in [-0.25, -0.2) is 12.8 Å². The Kier molecular flexibility index (Phi) is 5.06. The third kappa shape index (κ3) is 4.08. The molecule has 0 unspecified atom stereocenters. The lowest BCUT2D eigenvalue weighted by atomic mass is 10.2. The van der Waals surface area contributed by atoms with Crippen LogP contribution < -0.4 is 14.4 Å². The molecule has 2 aromatic carbocycles. The predicted octanol–water partition coefficient (Wildman–Crippen LogP) is 3.03. The number of nitrogens with zero attached hydrogens (tertiary/aromatic N) is 1. The molecule has 0 fully saturated rings. The van der Waals surface area contributed by atoms with Crippen LogP contribution in [0.4, 0.5) is 15.8 Å². The zero-order chi connectivity index (χ0) is 18.9. The van der Waals surface area contributed by atoms with Crippen molar-refractivity contribution in [2.45, 2.75) is 12.5 Å². The zero-order valence-corrected chi connectivity index (χ0v) is 15.3. The average molecular weight is 399 g/mol. The van der Waals surface area contributed by atoms with Crippen LogP contribution in [0.15, 0.2) is 42.5 Å². The van der Waals surface area contributed by atoms with Gasteiger partial charge < -0.3 is 10.1 Å². The van der Waals surface area contributed by atoms with Gasteiger partial charge in [-0.1, -0.05) is 17.7 Å². The Bertz CT molecular complexity index is 952. The summed E-state index contributed by atoms with van der Waals surface area (Å²) in [6.07, 6.45) is 0.260. The second-order valence-corrected chi connectivity index (χ2v) is 8.19. The minimum absolute atomic E-state index is 0.0490. The van der Waals surface area contributed by atoms with E-state index in [4.69, 9.17) is 16.3 Å². The summed E-state index contributed by atoms with van der Waals surface area (Å²) in [5, 5.41) is 2.93. The molecule has 1 aliphatic rings. The molecule has 3 rings (SSSR count). The molecule has 0 saturated carbocycles. The highest BCUT2D eigenvalue weighted by molar-refractivity contribution is 7.92. The Labute approximate surface area is 155 Å².